The summed E-state index contributed by atoms with van der Waals surface area (Å²) in [6.45, 7) is 4.14. The lowest BCUT2D eigenvalue weighted by atomic mass is 10.1. The van der Waals surface area contributed by atoms with Crippen molar-refractivity contribution in [3.05, 3.63) is 41.0 Å². The molecule has 3 aromatic rings. The molecule has 0 radical (unpaired) electrons. The van der Waals surface area contributed by atoms with E-state index < -0.39 is 6.36 Å². The Morgan fingerprint density at radius 3 is 2.76 bits per heavy atom. The number of rotatable bonds is 8. The van der Waals surface area contributed by atoms with Gasteiger partial charge < -0.3 is 15.2 Å². The fourth-order valence-electron chi connectivity index (χ4n) is 3.86. The topological polar surface area (TPSA) is 86.4 Å². The highest BCUT2D eigenvalue weighted by Crippen LogP contribution is 2.23. The number of hydrogen-bond acceptors (Lipinski definition) is 7. The Morgan fingerprint density at radius 2 is 2.00 bits per heavy atom. The number of piperazine rings is 1. The maximum absolute atomic E-state index is 12.7. The van der Waals surface area contributed by atoms with E-state index in [0.29, 0.717) is 37.7 Å². The van der Waals surface area contributed by atoms with Gasteiger partial charge in [-0.05, 0) is 25.0 Å². The average molecular weight is 483 g/mol. The quantitative estimate of drug-likeness (QED) is 0.513. The van der Waals surface area contributed by atoms with Crippen LogP contribution in [0.2, 0.25) is 0 Å². The van der Waals surface area contributed by atoms with Crippen molar-refractivity contribution in [3.63, 3.8) is 0 Å². The Hall–Kier alpha value is -2.70. The Balaban J connectivity index is 1.25. The summed E-state index contributed by atoms with van der Waals surface area (Å²) in [4.78, 5) is 19.8. The molecule has 0 spiro atoms. The van der Waals surface area contributed by atoms with E-state index in [-0.39, 0.29) is 30.1 Å². The molecule has 1 amide bonds. The van der Waals surface area contributed by atoms with E-state index in [1.54, 1.807) is 0 Å². The van der Waals surface area contributed by atoms with E-state index in [1.165, 1.54) is 11.3 Å². The summed E-state index contributed by atoms with van der Waals surface area (Å²) in [5.41, 5.74) is 2.20. The van der Waals surface area contributed by atoms with Gasteiger partial charge >= 0.3 is 6.36 Å². The second-order valence-electron chi connectivity index (χ2n) is 7.95. The number of halogens is 3. The highest BCUT2D eigenvalue weighted by molar-refractivity contribution is 7.17. The van der Waals surface area contributed by atoms with Gasteiger partial charge in [-0.1, -0.05) is 29.5 Å². The van der Waals surface area contributed by atoms with Crippen molar-refractivity contribution in [2.45, 2.75) is 25.7 Å². The molecule has 1 aromatic carbocycles. The number of aromatic amines is 1. The van der Waals surface area contributed by atoms with Gasteiger partial charge in [0.15, 0.2) is 0 Å². The standard InChI is InChI=1S/C21H25F3N6O2S/c1-14(12-15-13-25-17-5-3-2-4-16(15)17)26-18(31)19-27-28-20(33-19)30-8-6-29(7-9-30)10-11-32-21(22,23)24/h2-5,13-14,25H,6-12H2,1H3,(H,26,31). The number of carbonyl (C=O) groups excluding carboxylic acids is 1. The molecule has 1 atom stereocenters. The lowest BCUT2D eigenvalue weighted by molar-refractivity contribution is -0.325. The Morgan fingerprint density at radius 1 is 1.24 bits per heavy atom. The van der Waals surface area contributed by atoms with Gasteiger partial charge in [-0.2, -0.15) is 0 Å². The minimum atomic E-state index is -4.60. The molecule has 1 unspecified atom stereocenters. The summed E-state index contributed by atoms with van der Waals surface area (Å²) < 4.78 is 40.1. The van der Waals surface area contributed by atoms with E-state index in [1.807, 2.05) is 41.1 Å². The van der Waals surface area contributed by atoms with Crippen LogP contribution in [0, 0.1) is 0 Å². The third kappa shape index (κ3) is 6.21. The highest BCUT2D eigenvalue weighted by Gasteiger charge is 2.29. The van der Waals surface area contributed by atoms with Crippen molar-refractivity contribution in [1.29, 1.82) is 0 Å². The van der Waals surface area contributed by atoms with Crippen LogP contribution in [0.5, 0.6) is 0 Å². The molecule has 2 aromatic heterocycles. The van der Waals surface area contributed by atoms with Crippen molar-refractivity contribution < 1.29 is 22.7 Å². The van der Waals surface area contributed by atoms with Gasteiger partial charge in [-0.25, -0.2) is 0 Å². The number of hydrogen-bond donors (Lipinski definition) is 2. The third-order valence-corrected chi connectivity index (χ3v) is 6.49. The van der Waals surface area contributed by atoms with Crippen LogP contribution in [0.15, 0.2) is 30.5 Å². The molecule has 2 N–H and O–H groups in total. The first-order valence-electron chi connectivity index (χ1n) is 10.7. The van der Waals surface area contributed by atoms with Crippen molar-refractivity contribution in [1.82, 2.24) is 25.4 Å². The van der Waals surface area contributed by atoms with Gasteiger partial charge in [0, 0.05) is 55.9 Å². The minimum absolute atomic E-state index is 0.0912. The van der Waals surface area contributed by atoms with E-state index in [0.717, 1.165) is 16.5 Å². The normalized spacial score (nSPS) is 16.3. The molecule has 0 bridgehead atoms. The second kappa shape index (κ2) is 10.1. The summed E-state index contributed by atoms with van der Waals surface area (Å²) in [6.07, 6.45) is -1.95. The minimum Gasteiger partial charge on any atom is -0.361 e. The van der Waals surface area contributed by atoms with Crippen LogP contribution in [0.3, 0.4) is 0 Å². The molecule has 178 valence electrons. The Bertz CT molecular complexity index is 1080. The van der Waals surface area contributed by atoms with Crippen LogP contribution in [0.25, 0.3) is 10.9 Å². The van der Waals surface area contributed by atoms with Gasteiger partial charge in [0.1, 0.15) is 0 Å². The van der Waals surface area contributed by atoms with Crippen LogP contribution in [0.4, 0.5) is 18.3 Å². The molecule has 0 aliphatic carbocycles. The van der Waals surface area contributed by atoms with Crippen LogP contribution in [-0.4, -0.2) is 77.7 Å². The van der Waals surface area contributed by atoms with E-state index in [9.17, 15) is 18.0 Å². The fourth-order valence-corrected chi connectivity index (χ4v) is 4.65. The number of anilines is 1. The molecule has 1 saturated heterocycles. The monoisotopic (exact) mass is 482 g/mol. The van der Waals surface area contributed by atoms with E-state index in [2.05, 4.69) is 31.3 Å². The highest BCUT2D eigenvalue weighted by atomic mass is 32.1. The lowest BCUT2D eigenvalue weighted by Gasteiger charge is -2.34. The maximum atomic E-state index is 12.7. The molecule has 8 nitrogen and oxygen atoms in total. The largest absolute Gasteiger partial charge is 0.522 e. The van der Waals surface area contributed by atoms with Crippen molar-refractivity contribution in [3.8, 4) is 0 Å². The zero-order valence-electron chi connectivity index (χ0n) is 18.1. The third-order valence-electron chi connectivity index (χ3n) is 5.50. The number of H-pyrrole nitrogens is 1. The molecule has 1 fully saturated rings. The van der Waals surface area contributed by atoms with Gasteiger partial charge in [-0.3, -0.25) is 14.4 Å². The predicted octanol–water partition coefficient (Wildman–Crippen LogP) is 3.04. The molecule has 0 saturated carbocycles. The average Bonchev–Trinajstić information content (AvgIpc) is 3.41. The van der Waals surface area contributed by atoms with Crippen LogP contribution >= 0.6 is 11.3 Å². The smallest absolute Gasteiger partial charge is 0.361 e. The fraction of sp³-hybridized carbons (Fsp3) is 0.476. The molecule has 4 rings (SSSR count). The Kier molecular flexibility index (Phi) is 7.15. The van der Waals surface area contributed by atoms with Crippen molar-refractivity contribution in [2.24, 2.45) is 0 Å². The summed E-state index contributed by atoms with van der Waals surface area (Å²) in [6, 6.07) is 7.94. The summed E-state index contributed by atoms with van der Waals surface area (Å²) >= 11 is 1.22. The lowest BCUT2D eigenvalue weighted by Crippen LogP contribution is -2.47. The molecular formula is C21H25F3N6O2S. The van der Waals surface area contributed by atoms with Crippen LogP contribution < -0.4 is 10.2 Å². The van der Waals surface area contributed by atoms with E-state index >= 15 is 0 Å². The Labute approximate surface area is 192 Å². The van der Waals surface area contributed by atoms with Gasteiger partial charge in [0.2, 0.25) is 10.1 Å². The van der Waals surface area contributed by atoms with Crippen molar-refractivity contribution >= 4 is 33.3 Å². The first-order valence-corrected chi connectivity index (χ1v) is 11.5. The summed E-state index contributed by atoms with van der Waals surface area (Å²) in [5, 5.41) is 13.2. The molecular weight excluding hydrogens is 457 g/mol. The number of nitrogens with one attached hydrogen (secondary N) is 2. The van der Waals surface area contributed by atoms with E-state index in [4.69, 9.17) is 0 Å². The first kappa shape index (κ1) is 23.5. The van der Waals surface area contributed by atoms with Gasteiger partial charge in [0.05, 0.1) is 6.61 Å². The SMILES string of the molecule is CC(Cc1c[nH]c2ccccc12)NC(=O)c1nnc(N2CCN(CCOC(F)(F)F)CC2)s1. The molecule has 1 aliphatic rings. The molecule has 33 heavy (non-hydrogen) atoms. The van der Waals surface area contributed by atoms with Gasteiger partial charge in [-0.15, -0.1) is 23.4 Å². The maximum Gasteiger partial charge on any atom is 0.522 e. The number of fused-ring (bicyclic) bond motifs is 1. The molecule has 1 aliphatic heterocycles. The predicted molar refractivity (Wildman–Crippen MR) is 119 cm³/mol. The summed E-state index contributed by atoms with van der Waals surface area (Å²) in [5.74, 6) is -0.269. The zero-order valence-corrected chi connectivity index (χ0v) is 18.9. The number of amides is 1. The molecule has 12 heteroatoms. The number of ether oxygens (including phenoxy) is 1. The number of benzene rings is 1. The second-order valence-corrected chi connectivity index (χ2v) is 8.91. The van der Waals surface area contributed by atoms with Gasteiger partial charge in [0.25, 0.3) is 5.91 Å². The number of aromatic nitrogens is 3. The summed E-state index contributed by atoms with van der Waals surface area (Å²) in [7, 11) is 0. The number of nitrogens with zero attached hydrogens (tertiary/aromatic N) is 4. The van der Waals surface area contributed by atoms with Crippen molar-refractivity contribution in [2.75, 3.05) is 44.2 Å². The van der Waals surface area contributed by atoms with Crippen LogP contribution in [0.1, 0.15) is 22.3 Å². The number of carbonyl (C=O) groups is 1. The first-order chi connectivity index (χ1) is 15.8. The zero-order chi connectivity index (χ0) is 23.4. The molecule has 3 heterocycles. The number of para-hydroxylation sites is 1. The van der Waals surface area contributed by atoms with Crippen LogP contribution in [-0.2, 0) is 11.2 Å². The number of alkyl halides is 3.